The molecule has 0 bridgehead atoms. The molecule has 1 fully saturated rings. The van der Waals surface area contributed by atoms with E-state index in [1.807, 2.05) is 30.3 Å². The Balaban J connectivity index is 2.31. The first-order valence-corrected chi connectivity index (χ1v) is 6.46. The fraction of sp³-hybridized carbons (Fsp3) is 0.533. The zero-order chi connectivity index (χ0) is 13.3. The molecule has 1 saturated heterocycles. The van der Waals surface area contributed by atoms with Crippen molar-refractivity contribution in [3.8, 4) is 0 Å². The van der Waals surface area contributed by atoms with Crippen molar-refractivity contribution in [1.29, 1.82) is 0 Å². The Kier molecular flexibility index (Phi) is 3.44. The second-order valence-corrected chi connectivity index (χ2v) is 5.95. The van der Waals surface area contributed by atoms with Crippen LogP contribution in [0.15, 0.2) is 30.3 Å². The molecule has 0 radical (unpaired) electrons. The van der Waals surface area contributed by atoms with Crippen molar-refractivity contribution >= 4 is 5.97 Å². The predicted octanol–water partition coefficient (Wildman–Crippen LogP) is 2.73. The summed E-state index contributed by atoms with van der Waals surface area (Å²) >= 11 is 0. The molecule has 2 atom stereocenters. The molecule has 1 heterocycles. The number of likely N-dealkylation sites (tertiary alicyclic amines) is 1. The third-order valence-corrected chi connectivity index (χ3v) is 3.74. The number of hydrogen-bond donors (Lipinski definition) is 1. The van der Waals surface area contributed by atoms with Crippen LogP contribution in [0.2, 0.25) is 0 Å². The van der Waals surface area contributed by atoms with E-state index in [0.717, 1.165) is 18.5 Å². The first-order chi connectivity index (χ1) is 8.41. The van der Waals surface area contributed by atoms with Crippen molar-refractivity contribution < 1.29 is 9.90 Å². The zero-order valence-electron chi connectivity index (χ0n) is 11.3. The van der Waals surface area contributed by atoms with Crippen LogP contribution < -0.4 is 0 Å². The van der Waals surface area contributed by atoms with Crippen molar-refractivity contribution in [2.45, 2.75) is 44.7 Å². The summed E-state index contributed by atoms with van der Waals surface area (Å²) in [7, 11) is 0. The van der Waals surface area contributed by atoms with E-state index in [1.165, 1.54) is 0 Å². The lowest BCUT2D eigenvalue weighted by molar-refractivity contribution is -0.144. The second kappa shape index (κ2) is 4.73. The van der Waals surface area contributed by atoms with Crippen molar-refractivity contribution in [3.63, 3.8) is 0 Å². The summed E-state index contributed by atoms with van der Waals surface area (Å²) in [5.74, 6) is -0.612. The van der Waals surface area contributed by atoms with E-state index in [9.17, 15) is 9.90 Å². The van der Waals surface area contributed by atoms with Gasteiger partial charge in [-0.2, -0.15) is 0 Å². The number of nitrogens with zero attached hydrogens (tertiary/aromatic N) is 1. The van der Waals surface area contributed by atoms with E-state index < -0.39 is 12.0 Å². The summed E-state index contributed by atoms with van der Waals surface area (Å²) in [5.41, 5.74) is 1.03. The molecule has 0 aromatic heterocycles. The summed E-state index contributed by atoms with van der Waals surface area (Å²) < 4.78 is 0. The second-order valence-electron chi connectivity index (χ2n) is 5.95. The normalized spacial score (nSPS) is 25.3. The molecule has 1 N–H and O–H groups in total. The smallest absolute Gasteiger partial charge is 0.321 e. The minimum atomic E-state index is -0.712. The van der Waals surface area contributed by atoms with Crippen LogP contribution in [0.4, 0.5) is 0 Å². The van der Waals surface area contributed by atoms with Gasteiger partial charge in [-0.1, -0.05) is 30.3 Å². The van der Waals surface area contributed by atoms with Crippen LogP contribution in [0.3, 0.4) is 0 Å². The Morgan fingerprint density at radius 1 is 1.28 bits per heavy atom. The van der Waals surface area contributed by atoms with Crippen molar-refractivity contribution in [2.24, 2.45) is 0 Å². The highest BCUT2D eigenvalue weighted by molar-refractivity contribution is 5.75. The van der Waals surface area contributed by atoms with E-state index in [1.54, 1.807) is 0 Å². The molecule has 2 rings (SSSR count). The molecule has 3 nitrogen and oxygen atoms in total. The van der Waals surface area contributed by atoms with Gasteiger partial charge in [0.25, 0.3) is 0 Å². The Labute approximate surface area is 108 Å². The van der Waals surface area contributed by atoms with Gasteiger partial charge in [-0.25, -0.2) is 0 Å². The molecule has 2 unspecified atom stereocenters. The first kappa shape index (κ1) is 13.1. The minimum Gasteiger partial charge on any atom is -0.480 e. The highest BCUT2D eigenvalue weighted by atomic mass is 16.4. The highest BCUT2D eigenvalue weighted by Crippen LogP contribution is 2.37. The van der Waals surface area contributed by atoms with Gasteiger partial charge < -0.3 is 5.11 Å². The van der Waals surface area contributed by atoms with Crippen LogP contribution in [-0.2, 0) is 4.79 Å². The van der Waals surface area contributed by atoms with Gasteiger partial charge in [-0.15, -0.1) is 0 Å². The summed E-state index contributed by atoms with van der Waals surface area (Å²) in [6.07, 6.45) is 0.915. The minimum absolute atomic E-state index is 0.0999. The maximum Gasteiger partial charge on any atom is 0.321 e. The molecular weight excluding hydrogens is 226 g/mol. The SMILES string of the molecule is CC(C)(C)N1CCC(c2ccccc2)C1C(=O)O. The molecule has 1 aliphatic heterocycles. The monoisotopic (exact) mass is 247 g/mol. The van der Waals surface area contributed by atoms with Gasteiger partial charge in [0, 0.05) is 18.0 Å². The van der Waals surface area contributed by atoms with E-state index in [-0.39, 0.29) is 11.5 Å². The van der Waals surface area contributed by atoms with E-state index in [0.29, 0.717) is 0 Å². The van der Waals surface area contributed by atoms with Gasteiger partial charge in [-0.3, -0.25) is 9.69 Å². The fourth-order valence-electron chi connectivity index (χ4n) is 2.90. The number of rotatable bonds is 2. The molecule has 1 aromatic rings. The van der Waals surface area contributed by atoms with Gasteiger partial charge in [0.1, 0.15) is 6.04 Å². The van der Waals surface area contributed by atoms with Crippen molar-refractivity contribution in [2.75, 3.05) is 6.54 Å². The molecule has 0 spiro atoms. The standard InChI is InChI=1S/C15H21NO2/c1-15(2,3)16-10-9-12(13(16)14(17)18)11-7-5-4-6-8-11/h4-8,12-13H,9-10H2,1-3H3,(H,17,18). The lowest BCUT2D eigenvalue weighted by Crippen LogP contribution is -2.49. The average molecular weight is 247 g/mol. The largest absolute Gasteiger partial charge is 0.480 e. The predicted molar refractivity (Wildman–Crippen MR) is 71.7 cm³/mol. The molecule has 3 heteroatoms. The van der Waals surface area contributed by atoms with Crippen LogP contribution in [0.25, 0.3) is 0 Å². The summed E-state index contributed by atoms with van der Waals surface area (Å²) in [5, 5.41) is 9.54. The van der Waals surface area contributed by atoms with E-state index >= 15 is 0 Å². The molecule has 0 amide bonds. The van der Waals surface area contributed by atoms with Gasteiger partial charge in [0.15, 0.2) is 0 Å². The van der Waals surface area contributed by atoms with Crippen LogP contribution in [-0.4, -0.2) is 34.1 Å². The number of benzene rings is 1. The Bertz CT molecular complexity index is 422. The molecule has 0 saturated carbocycles. The molecule has 1 aliphatic rings. The van der Waals surface area contributed by atoms with Crippen LogP contribution in [0.1, 0.15) is 38.7 Å². The third-order valence-electron chi connectivity index (χ3n) is 3.74. The molecular formula is C15H21NO2. The van der Waals surface area contributed by atoms with Crippen molar-refractivity contribution in [3.05, 3.63) is 35.9 Å². The maximum atomic E-state index is 11.6. The van der Waals surface area contributed by atoms with E-state index in [4.69, 9.17) is 0 Å². The lowest BCUT2D eigenvalue weighted by Gasteiger charge is -2.36. The third kappa shape index (κ3) is 2.41. The topological polar surface area (TPSA) is 40.5 Å². The Morgan fingerprint density at radius 3 is 2.39 bits per heavy atom. The summed E-state index contributed by atoms with van der Waals surface area (Å²) in [6.45, 7) is 7.09. The average Bonchev–Trinajstić information content (AvgIpc) is 2.74. The first-order valence-electron chi connectivity index (χ1n) is 6.46. The Hall–Kier alpha value is -1.35. The fourth-order valence-corrected chi connectivity index (χ4v) is 2.90. The summed E-state index contributed by atoms with van der Waals surface area (Å²) in [4.78, 5) is 13.7. The molecule has 18 heavy (non-hydrogen) atoms. The van der Waals surface area contributed by atoms with E-state index in [2.05, 4.69) is 25.7 Å². The zero-order valence-corrected chi connectivity index (χ0v) is 11.3. The number of carbonyl (C=O) groups is 1. The van der Waals surface area contributed by atoms with Gasteiger partial charge in [-0.05, 0) is 32.8 Å². The highest BCUT2D eigenvalue weighted by Gasteiger charge is 2.44. The van der Waals surface area contributed by atoms with Gasteiger partial charge in [0.2, 0.25) is 0 Å². The number of hydrogen-bond acceptors (Lipinski definition) is 2. The summed E-state index contributed by atoms with van der Waals surface area (Å²) in [6, 6.07) is 9.59. The van der Waals surface area contributed by atoms with Crippen LogP contribution >= 0.6 is 0 Å². The van der Waals surface area contributed by atoms with Gasteiger partial charge in [0.05, 0.1) is 0 Å². The number of carboxylic acid groups (broad SMARTS) is 1. The number of carboxylic acids is 1. The molecule has 0 aliphatic carbocycles. The molecule has 1 aromatic carbocycles. The van der Waals surface area contributed by atoms with Crippen molar-refractivity contribution in [1.82, 2.24) is 4.90 Å². The van der Waals surface area contributed by atoms with Gasteiger partial charge >= 0.3 is 5.97 Å². The quantitative estimate of drug-likeness (QED) is 0.873. The Morgan fingerprint density at radius 2 is 1.89 bits per heavy atom. The van der Waals surface area contributed by atoms with Crippen LogP contribution in [0.5, 0.6) is 0 Å². The maximum absolute atomic E-state index is 11.6. The lowest BCUT2D eigenvalue weighted by atomic mass is 9.91. The number of aliphatic carboxylic acids is 1. The molecule has 98 valence electrons. The van der Waals surface area contributed by atoms with Crippen LogP contribution in [0, 0.1) is 0 Å².